The van der Waals surface area contributed by atoms with E-state index in [-0.39, 0.29) is 29.4 Å². The third-order valence-electron chi connectivity index (χ3n) is 6.44. The van der Waals surface area contributed by atoms with Crippen LogP contribution in [0.25, 0.3) is 22.0 Å². The van der Waals surface area contributed by atoms with Crippen LogP contribution in [0.15, 0.2) is 60.2 Å². The summed E-state index contributed by atoms with van der Waals surface area (Å²) < 4.78 is 1.67. The summed E-state index contributed by atoms with van der Waals surface area (Å²) in [5.74, 6) is -1.96. The number of carboxylic acid groups (broad SMARTS) is 1. The quantitative estimate of drug-likeness (QED) is 0.257. The molecule has 3 rings (SSSR count). The molecule has 0 saturated heterocycles. The molecule has 0 aliphatic carbocycles. The molecule has 3 aromatic rings. The number of likely N-dealkylation sites (N-methyl/N-ethyl adjacent to an activating group) is 1. The Kier molecular flexibility index (Phi) is 8.04. The molecule has 10 heteroatoms. The summed E-state index contributed by atoms with van der Waals surface area (Å²) >= 11 is 0. The lowest BCUT2D eigenvalue weighted by molar-refractivity contribution is -0.384. The first-order valence-electron chi connectivity index (χ1n) is 12.0. The number of nitrogens with zero attached hydrogens (tertiary/aromatic N) is 3. The largest absolute Gasteiger partial charge is 0.478 e. The molecule has 10 nitrogen and oxygen atoms in total. The summed E-state index contributed by atoms with van der Waals surface area (Å²) in [5, 5.41) is 24.0. The number of carbonyl (C=O) groups is 3. The lowest BCUT2D eigenvalue weighted by atomic mass is 9.85. The maximum atomic E-state index is 13.9. The number of benzene rings is 2. The molecule has 0 fully saturated rings. The Morgan fingerprint density at radius 2 is 1.79 bits per heavy atom. The van der Waals surface area contributed by atoms with Gasteiger partial charge < -0.3 is 19.9 Å². The fourth-order valence-corrected chi connectivity index (χ4v) is 4.23. The molecule has 0 bridgehead atoms. The van der Waals surface area contributed by atoms with Crippen molar-refractivity contribution in [1.29, 1.82) is 0 Å². The van der Waals surface area contributed by atoms with Gasteiger partial charge in [-0.1, -0.05) is 57.2 Å². The van der Waals surface area contributed by atoms with Gasteiger partial charge in [0.1, 0.15) is 11.7 Å². The molecule has 0 aliphatic rings. The highest BCUT2D eigenvalue weighted by Gasteiger charge is 2.36. The van der Waals surface area contributed by atoms with Crippen molar-refractivity contribution in [3.63, 3.8) is 0 Å². The highest BCUT2D eigenvalue weighted by atomic mass is 16.6. The molecule has 2 aromatic carbocycles. The minimum atomic E-state index is -1.07. The van der Waals surface area contributed by atoms with Crippen LogP contribution in [0.5, 0.6) is 0 Å². The average Bonchev–Trinajstić information content (AvgIpc) is 3.16. The number of fused-ring (bicyclic) bond motifs is 1. The van der Waals surface area contributed by atoms with Crippen molar-refractivity contribution in [2.75, 3.05) is 13.6 Å². The number of nitrogens with one attached hydrogen (secondary N) is 1. The van der Waals surface area contributed by atoms with Crippen LogP contribution in [0.2, 0.25) is 0 Å². The Morgan fingerprint density at radius 3 is 2.34 bits per heavy atom. The molecule has 1 aromatic heterocycles. The van der Waals surface area contributed by atoms with Crippen LogP contribution >= 0.6 is 0 Å². The van der Waals surface area contributed by atoms with Gasteiger partial charge in [-0.15, -0.1) is 0 Å². The molecule has 0 radical (unpaired) electrons. The van der Waals surface area contributed by atoms with Crippen molar-refractivity contribution in [2.24, 2.45) is 12.5 Å². The number of carboxylic acids is 1. The second-order valence-corrected chi connectivity index (χ2v) is 10.3. The number of aliphatic carboxylic acids is 1. The van der Waals surface area contributed by atoms with E-state index < -0.39 is 28.3 Å². The molecule has 1 atom stereocenters. The summed E-state index contributed by atoms with van der Waals surface area (Å²) in [4.78, 5) is 50.8. The van der Waals surface area contributed by atoms with E-state index in [9.17, 15) is 24.5 Å². The van der Waals surface area contributed by atoms with Crippen molar-refractivity contribution in [3.8, 4) is 11.1 Å². The first-order chi connectivity index (χ1) is 17.7. The van der Waals surface area contributed by atoms with Crippen molar-refractivity contribution in [1.82, 2.24) is 14.8 Å². The van der Waals surface area contributed by atoms with Crippen LogP contribution < -0.4 is 5.32 Å². The molecular weight excluding hydrogens is 488 g/mol. The second-order valence-electron chi connectivity index (χ2n) is 10.3. The van der Waals surface area contributed by atoms with E-state index in [1.54, 1.807) is 24.7 Å². The first-order valence-corrected chi connectivity index (χ1v) is 12.0. The van der Waals surface area contributed by atoms with Gasteiger partial charge in [0.05, 0.1) is 4.92 Å². The van der Waals surface area contributed by atoms with E-state index >= 15 is 0 Å². The van der Waals surface area contributed by atoms with E-state index in [4.69, 9.17) is 5.11 Å². The van der Waals surface area contributed by atoms with E-state index in [0.29, 0.717) is 22.0 Å². The monoisotopic (exact) mass is 520 g/mol. The molecule has 2 amide bonds. The normalized spacial score (nSPS) is 12.7. The van der Waals surface area contributed by atoms with Crippen molar-refractivity contribution < 1.29 is 24.4 Å². The van der Waals surface area contributed by atoms with Gasteiger partial charge in [-0.2, -0.15) is 0 Å². The van der Waals surface area contributed by atoms with E-state index in [0.717, 1.165) is 0 Å². The zero-order valence-corrected chi connectivity index (χ0v) is 22.3. The van der Waals surface area contributed by atoms with Crippen LogP contribution in [0.1, 0.15) is 38.2 Å². The lowest BCUT2D eigenvalue weighted by Crippen LogP contribution is -2.54. The Hall–Kier alpha value is -4.47. The Morgan fingerprint density at radius 1 is 1.16 bits per heavy atom. The zero-order valence-electron chi connectivity index (χ0n) is 22.3. The number of amides is 2. The molecule has 0 spiro atoms. The van der Waals surface area contributed by atoms with Gasteiger partial charge in [0, 0.05) is 54.8 Å². The number of aryl methyl sites for hydroxylation is 1. The van der Waals surface area contributed by atoms with Gasteiger partial charge in [-0.3, -0.25) is 19.7 Å². The smallest absolute Gasteiger partial charge is 0.331 e. The fourth-order valence-electron chi connectivity index (χ4n) is 4.23. The summed E-state index contributed by atoms with van der Waals surface area (Å²) in [5.41, 5.74) is 1.46. The number of aromatic nitrogens is 1. The SMILES string of the molecule is C/C(=C\CN(C)C(=O)C(NC(=O)c1c(-c2ccccc2)c2cc([N+](=O)[O-])ccc2n1C)C(C)(C)C)C(=O)O. The number of nitro groups is 1. The van der Waals surface area contributed by atoms with Crippen LogP contribution in [0.3, 0.4) is 0 Å². The number of hydrogen-bond acceptors (Lipinski definition) is 5. The summed E-state index contributed by atoms with van der Waals surface area (Å²) in [6.45, 7) is 6.98. The minimum Gasteiger partial charge on any atom is -0.478 e. The Bertz CT molecular complexity index is 1430. The second kappa shape index (κ2) is 10.9. The Balaban J connectivity index is 2.09. The number of nitro benzene ring substituents is 1. The molecule has 38 heavy (non-hydrogen) atoms. The van der Waals surface area contributed by atoms with E-state index in [1.165, 1.54) is 30.0 Å². The molecule has 2 N–H and O–H groups in total. The molecule has 0 saturated carbocycles. The predicted octanol–water partition coefficient (Wildman–Crippen LogP) is 4.39. The number of carbonyl (C=O) groups excluding carboxylic acids is 2. The Labute approximate surface area is 220 Å². The van der Waals surface area contributed by atoms with Gasteiger partial charge >= 0.3 is 5.97 Å². The average molecular weight is 521 g/mol. The standard InChI is InChI=1S/C28H32N4O6/c1-17(27(35)36)14-15-30(5)26(34)24(28(2,3)4)29-25(33)23-22(18-10-8-7-9-11-18)20-16-19(32(37)38)12-13-21(20)31(23)6/h7-14,16,24H,15H2,1-6H3,(H,29,33)(H,35,36)/b17-14+. The first kappa shape index (κ1) is 28.1. The molecule has 1 unspecified atom stereocenters. The predicted molar refractivity (Wildman–Crippen MR) is 145 cm³/mol. The maximum absolute atomic E-state index is 13.9. The van der Waals surface area contributed by atoms with Gasteiger partial charge in [-0.05, 0) is 24.0 Å². The molecule has 0 aliphatic heterocycles. The number of rotatable bonds is 8. The minimum absolute atomic E-state index is 0.0619. The fraction of sp³-hybridized carbons (Fsp3) is 0.321. The van der Waals surface area contributed by atoms with Gasteiger partial charge in [-0.25, -0.2) is 4.79 Å². The molecule has 1 heterocycles. The van der Waals surface area contributed by atoms with Crippen LogP contribution in [0.4, 0.5) is 5.69 Å². The molecular formula is C28H32N4O6. The summed E-state index contributed by atoms with van der Waals surface area (Å²) in [6, 6.07) is 12.6. The van der Waals surface area contributed by atoms with Gasteiger partial charge in [0.2, 0.25) is 5.91 Å². The topological polar surface area (TPSA) is 135 Å². The zero-order chi connectivity index (χ0) is 28.4. The highest BCUT2D eigenvalue weighted by Crippen LogP contribution is 2.36. The third kappa shape index (κ3) is 5.74. The van der Waals surface area contributed by atoms with E-state index in [1.807, 2.05) is 51.1 Å². The number of non-ortho nitro benzene ring substituents is 1. The third-order valence-corrected chi connectivity index (χ3v) is 6.44. The van der Waals surface area contributed by atoms with Crippen LogP contribution in [-0.4, -0.2) is 56.9 Å². The van der Waals surface area contributed by atoms with E-state index in [2.05, 4.69) is 5.32 Å². The van der Waals surface area contributed by atoms with Gasteiger partial charge in [0.25, 0.3) is 11.6 Å². The maximum Gasteiger partial charge on any atom is 0.331 e. The lowest BCUT2D eigenvalue weighted by Gasteiger charge is -2.33. The highest BCUT2D eigenvalue weighted by molar-refractivity contribution is 6.11. The molecule has 200 valence electrons. The summed E-state index contributed by atoms with van der Waals surface area (Å²) in [6.07, 6.45) is 1.44. The van der Waals surface area contributed by atoms with Crippen molar-refractivity contribution in [3.05, 3.63) is 76.0 Å². The van der Waals surface area contributed by atoms with Crippen LogP contribution in [0, 0.1) is 15.5 Å². The number of hydrogen-bond donors (Lipinski definition) is 2. The summed E-state index contributed by atoms with van der Waals surface area (Å²) in [7, 11) is 3.25. The van der Waals surface area contributed by atoms with Gasteiger partial charge in [0.15, 0.2) is 0 Å². The van der Waals surface area contributed by atoms with Crippen molar-refractivity contribution in [2.45, 2.75) is 33.7 Å². The van der Waals surface area contributed by atoms with Crippen molar-refractivity contribution >= 4 is 34.4 Å². The van der Waals surface area contributed by atoms with Crippen LogP contribution in [-0.2, 0) is 16.6 Å².